The molecule has 34 heavy (non-hydrogen) atoms. The van der Waals surface area contributed by atoms with Crippen LogP contribution in [0.15, 0.2) is 12.1 Å². The highest BCUT2D eigenvalue weighted by Gasteiger charge is 2.59. The van der Waals surface area contributed by atoms with Crippen LogP contribution in [0.2, 0.25) is 0 Å². The summed E-state index contributed by atoms with van der Waals surface area (Å²) in [6.45, 7) is 5.41. The van der Waals surface area contributed by atoms with Crippen molar-refractivity contribution < 1.29 is 38.0 Å². The minimum Gasteiger partial charge on any atom is -0.493 e. The van der Waals surface area contributed by atoms with Crippen molar-refractivity contribution >= 4 is 17.4 Å². The normalized spacial score (nSPS) is 27.7. The molecule has 1 aliphatic carbocycles. The summed E-state index contributed by atoms with van der Waals surface area (Å²) in [5.41, 5.74) is 0.760. The van der Waals surface area contributed by atoms with Gasteiger partial charge >= 0.3 is 6.09 Å². The molecule has 2 aliphatic heterocycles. The zero-order valence-electron chi connectivity index (χ0n) is 20.8. The van der Waals surface area contributed by atoms with Crippen molar-refractivity contribution in [3.05, 3.63) is 23.3 Å². The highest BCUT2D eigenvalue weighted by atomic mass is 16.6. The zero-order valence-corrected chi connectivity index (χ0v) is 20.8. The van der Waals surface area contributed by atoms with Gasteiger partial charge in [0.2, 0.25) is 5.75 Å². The predicted octanol–water partition coefficient (Wildman–Crippen LogP) is 3.06. The van der Waals surface area contributed by atoms with Gasteiger partial charge in [-0.25, -0.2) is 4.79 Å². The molecule has 1 aromatic rings. The molecule has 4 rings (SSSR count). The number of ketones is 1. The summed E-state index contributed by atoms with van der Waals surface area (Å²) in [5, 5.41) is 2.99. The van der Waals surface area contributed by atoms with Gasteiger partial charge in [-0.1, -0.05) is 0 Å². The quantitative estimate of drug-likeness (QED) is 0.694. The van der Waals surface area contributed by atoms with Crippen molar-refractivity contribution in [2.24, 2.45) is 0 Å². The van der Waals surface area contributed by atoms with Crippen molar-refractivity contribution in [3.8, 4) is 17.2 Å². The zero-order chi connectivity index (χ0) is 24.8. The first-order valence-electron chi connectivity index (χ1n) is 11.4. The summed E-state index contributed by atoms with van der Waals surface area (Å²) < 4.78 is 34.5. The molecule has 9 nitrogen and oxygen atoms in total. The summed E-state index contributed by atoms with van der Waals surface area (Å²) in [7, 11) is 6.18. The summed E-state index contributed by atoms with van der Waals surface area (Å²) in [6, 6.07) is 1.40. The number of nitrogens with one attached hydrogen (secondary N) is 1. The fourth-order valence-electron chi connectivity index (χ4n) is 5.30. The van der Waals surface area contributed by atoms with Crippen LogP contribution in [0.1, 0.15) is 44.7 Å². The second-order valence-corrected chi connectivity index (χ2v) is 9.77. The molecule has 3 aliphatic rings. The number of rotatable bonds is 5. The van der Waals surface area contributed by atoms with Crippen LogP contribution in [0.5, 0.6) is 17.2 Å². The summed E-state index contributed by atoms with van der Waals surface area (Å²) >= 11 is 0. The van der Waals surface area contributed by atoms with E-state index in [1.165, 1.54) is 7.11 Å². The smallest absolute Gasteiger partial charge is 0.407 e. The molecular formula is C25H33NO8. The van der Waals surface area contributed by atoms with Crippen LogP contribution in [0, 0.1) is 0 Å². The Labute approximate surface area is 199 Å². The van der Waals surface area contributed by atoms with E-state index in [4.69, 9.17) is 28.4 Å². The topological polar surface area (TPSA) is 102 Å². The standard InChI is InChI=1S/C25H33NO8/c1-24(2,3)34-23(28)26-18-9-8-13-10-16(29-4)21(31-6)22(32-7)19(13)14-11-17-20(30-5)15(27)12-25(14,18)33-17/h10-11,17-18,20H,8-9,12H2,1-7H3,(H,26,28)/t17-,18+,20-,25-/m1/s1. The number of benzene rings is 1. The van der Waals surface area contributed by atoms with E-state index in [9.17, 15) is 9.59 Å². The molecule has 1 fully saturated rings. The van der Waals surface area contributed by atoms with Crippen LogP contribution in [-0.4, -0.2) is 69.8 Å². The number of fused-ring (bicyclic) bond motifs is 3. The fraction of sp³-hybridized carbons (Fsp3) is 0.600. The number of hydrogen-bond acceptors (Lipinski definition) is 8. The Balaban J connectivity index is 1.88. The number of hydrogen-bond donors (Lipinski definition) is 1. The van der Waals surface area contributed by atoms with Gasteiger partial charge in [0.05, 0.1) is 27.4 Å². The fourth-order valence-corrected chi connectivity index (χ4v) is 5.30. The first kappa shape index (κ1) is 24.3. The van der Waals surface area contributed by atoms with Crippen LogP contribution < -0.4 is 19.5 Å². The first-order valence-corrected chi connectivity index (χ1v) is 11.4. The number of Topliss-reactive ketones (excluding diaryl/α,β-unsaturated/α-hetero) is 1. The largest absolute Gasteiger partial charge is 0.493 e. The number of alkyl carbamates (subject to hydrolysis) is 1. The van der Waals surface area contributed by atoms with Gasteiger partial charge in [-0.05, 0) is 56.9 Å². The van der Waals surface area contributed by atoms with E-state index >= 15 is 0 Å². The molecule has 0 aromatic heterocycles. The van der Waals surface area contributed by atoms with Gasteiger partial charge in [0, 0.05) is 19.1 Å². The highest BCUT2D eigenvalue weighted by molar-refractivity contribution is 5.95. The van der Waals surface area contributed by atoms with E-state index in [1.807, 2.05) is 12.1 Å². The van der Waals surface area contributed by atoms with Gasteiger partial charge in [-0.3, -0.25) is 4.79 Å². The molecule has 1 saturated heterocycles. The van der Waals surface area contributed by atoms with Gasteiger partial charge in [0.25, 0.3) is 0 Å². The molecule has 1 spiro atoms. The molecule has 0 saturated carbocycles. The SMILES string of the molecule is COc1cc2c(c(OC)c1OC)C1=C[C@H]3O[C@@]1(CC(=O)[C@H]3OC)[C@@H](NC(=O)OC(C)(C)C)CC2. The van der Waals surface area contributed by atoms with Crippen LogP contribution >= 0.6 is 0 Å². The Bertz CT molecular complexity index is 1030. The number of amides is 1. The van der Waals surface area contributed by atoms with Crippen LogP contribution in [0.3, 0.4) is 0 Å². The second-order valence-electron chi connectivity index (χ2n) is 9.77. The number of aryl methyl sites for hydroxylation is 1. The molecule has 2 bridgehead atoms. The van der Waals surface area contributed by atoms with Crippen molar-refractivity contribution in [2.45, 2.75) is 69.5 Å². The molecule has 1 aromatic carbocycles. The maximum Gasteiger partial charge on any atom is 0.407 e. The Hall–Kier alpha value is -2.78. The monoisotopic (exact) mass is 475 g/mol. The third kappa shape index (κ3) is 3.90. The summed E-state index contributed by atoms with van der Waals surface area (Å²) in [5.74, 6) is 1.41. The number of methoxy groups -OCH3 is 4. The number of carbonyl (C=O) groups is 2. The molecule has 0 unspecified atom stereocenters. The van der Waals surface area contributed by atoms with E-state index in [-0.39, 0.29) is 12.2 Å². The van der Waals surface area contributed by atoms with Gasteiger partial charge in [-0.2, -0.15) is 0 Å². The molecule has 1 amide bonds. The lowest BCUT2D eigenvalue weighted by Gasteiger charge is -2.43. The van der Waals surface area contributed by atoms with Crippen molar-refractivity contribution in [1.29, 1.82) is 0 Å². The first-order chi connectivity index (χ1) is 16.1. The van der Waals surface area contributed by atoms with E-state index in [1.54, 1.807) is 42.1 Å². The highest BCUT2D eigenvalue weighted by Crippen LogP contribution is 2.56. The number of carbonyl (C=O) groups excluding carboxylic acids is 2. The van der Waals surface area contributed by atoms with Gasteiger partial charge < -0.3 is 33.7 Å². The molecule has 1 N–H and O–H groups in total. The lowest BCUT2D eigenvalue weighted by molar-refractivity contribution is -0.165. The Morgan fingerprint density at radius 1 is 1.12 bits per heavy atom. The average molecular weight is 476 g/mol. The molecule has 0 radical (unpaired) electrons. The Morgan fingerprint density at radius 2 is 1.82 bits per heavy atom. The molecular weight excluding hydrogens is 442 g/mol. The van der Waals surface area contributed by atoms with Crippen molar-refractivity contribution in [3.63, 3.8) is 0 Å². The summed E-state index contributed by atoms with van der Waals surface area (Å²) in [4.78, 5) is 25.9. The third-order valence-corrected chi connectivity index (χ3v) is 6.58. The number of ether oxygens (including phenoxy) is 6. The third-order valence-electron chi connectivity index (χ3n) is 6.58. The Morgan fingerprint density at radius 3 is 2.41 bits per heavy atom. The van der Waals surface area contributed by atoms with Crippen LogP contribution in [-0.2, 0) is 25.4 Å². The van der Waals surface area contributed by atoms with E-state index < -0.39 is 35.5 Å². The molecule has 9 heteroatoms. The lowest BCUT2D eigenvalue weighted by Crippen LogP contribution is -2.59. The predicted molar refractivity (Wildman–Crippen MR) is 124 cm³/mol. The molecule has 186 valence electrons. The average Bonchev–Trinajstić information content (AvgIpc) is 3.02. The molecule has 2 heterocycles. The van der Waals surface area contributed by atoms with E-state index in [0.717, 1.165) is 16.7 Å². The maximum atomic E-state index is 13.1. The van der Waals surface area contributed by atoms with Crippen LogP contribution in [0.25, 0.3) is 5.57 Å². The minimum atomic E-state index is -1.09. The van der Waals surface area contributed by atoms with E-state index in [2.05, 4.69) is 5.32 Å². The lowest BCUT2D eigenvalue weighted by atomic mass is 9.79. The minimum absolute atomic E-state index is 0.0469. The van der Waals surface area contributed by atoms with E-state index in [0.29, 0.717) is 30.1 Å². The van der Waals surface area contributed by atoms with Gasteiger partial charge in [-0.15, -0.1) is 0 Å². The Kier molecular flexibility index (Phi) is 6.29. The van der Waals surface area contributed by atoms with Crippen molar-refractivity contribution in [2.75, 3.05) is 28.4 Å². The summed E-state index contributed by atoms with van der Waals surface area (Å²) in [6.07, 6.45) is 1.19. The maximum absolute atomic E-state index is 13.1. The second kappa shape index (κ2) is 8.78. The van der Waals surface area contributed by atoms with Gasteiger partial charge in [0.1, 0.15) is 23.4 Å². The van der Waals surface area contributed by atoms with Crippen molar-refractivity contribution in [1.82, 2.24) is 5.32 Å². The van der Waals surface area contributed by atoms with Gasteiger partial charge in [0.15, 0.2) is 17.3 Å². The van der Waals surface area contributed by atoms with Crippen LogP contribution in [0.4, 0.5) is 4.79 Å². The molecule has 4 atom stereocenters.